The van der Waals surface area contributed by atoms with Gasteiger partial charge in [0, 0.05) is 12.8 Å². The van der Waals surface area contributed by atoms with Gasteiger partial charge in [0.15, 0.2) is 0 Å². The van der Waals surface area contributed by atoms with Gasteiger partial charge in [0.2, 0.25) is 0 Å². The number of nitrogens with zero attached hydrogens (tertiary/aromatic N) is 2. The number of carbonyl (C=O) groups excluding carboxylic acids is 2. The number of nitriles is 2. The molecule has 0 radical (unpaired) electrons. The number of hydrogen-bond acceptors (Lipinski definition) is 6. The zero-order valence-electron chi connectivity index (χ0n) is 20.0. The number of esters is 2. The van der Waals surface area contributed by atoms with E-state index in [1.54, 1.807) is 19.1 Å². The van der Waals surface area contributed by atoms with E-state index in [0.717, 1.165) is 0 Å². The molecule has 0 aliphatic rings. The average Bonchev–Trinajstić information content (AvgIpc) is 2.82. The molecule has 0 saturated heterocycles. The van der Waals surface area contributed by atoms with Gasteiger partial charge < -0.3 is 9.47 Å². The fraction of sp³-hybridized carbons (Fsp3) is 0.565. The van der Waals surface area contributed by atoms with Crippen LogP contribution >= 0.6 is 0 Å². The fourth-order valence-electron chi connectivity index (χ4n) is 0.521. The summed E-state index contributed by atoms with van der Waals surface area (Å²) in [5.41, 5.74) is 0. The second kappa shape index (κ2) is 73.3. The van der Waals surface area contributed by atoms with E-state index in [0.29, 0.717) is 19.4 Å². The third-order valence-electron chi connectivity index (χ3n) is 1.39. The van der Waals surface area contributed by atoms with E-state index < -0.39 is 5.97 Å². The minimum Gasteiger partial charge on any atom is -0.461 e. The van der Waals surface area contributed by atoms with Gasteiger partial charge in [-0.25, -0.2) is 0 Å². The summed E-state index contributed by atoms with van der Waals surface area (Å²) in [5, 5.41) is 15.6. The second-order valence-electron chi connectivity index (χ2n) is 3.14. The molecule has 6 heteroatoms. The molecule has 0 spiro atoms. The predicted octanol–water partition coefficient (Wildman–Crippen LogP) is 6.56. The van der Waals surface area contributed by atoms with Crippen LogP contribution in [0.2, 0.25) is 0 Å². The van der Waals surface area contributed by atoms with Gasteiger partial charge in [0.05, 0.1) is 12.1 Å². The number of ether oxygens (including phenoxy) is 2. The van der Waals surface area contributed by atoms with Crippen LogP contribution in [0.25, 0.3) is 0 Å². The van der Waals surface area contributed by atoms with Gasteiger partial charge in [-0.05, 0) is 0 Å². The van der Waals surface area contributed by atoms with Crippen molar-refractivity contribution in [3.05, 3.63) is 38.5 Å². The van der Waals surface area contributed by atoms with Gasteiger partial charge in [-0.3, -0.25) is 9.59 Å². The Labute approximate surface area is 180 Å². The lowest BCUT2D eigenvalue weighted by Gasteiger charge is -1.94. The van der Waals surface area contributed by atoms with Crippen molar-refractivity contribution in [1.82, 2.24) is 0 Å². The van der Waals surface area contributed by atoms with E-state index in [1.807, 2.05) is 54.5 Å². The zero-order valence-corrected chi connectivity index (χ0v) is 20.0. The summed E-state index contributed by atoms with van der Waals surface area (Å²) in [4.78, 5) is 20.6. The first-order valence-electron chi connectivity index (χ1n) is 9.80. The van der Waals surface area contributed by atoms with Gasteiger partial charge in [0.25, 0.3) is 0 Å². The highest BCUT2D eigenvalue weighted by Crippen LogP contribution is 1.83. The van der Waals surface area contributed by atoms with Crippen LogP contribution < -0.4 is 0 Å². The first-order valence-corrected chi connectivity index (χ1v) is 9.80. The Hall–Kier alpha value is -2.86. The summed E-state index contributed by atoms with van der Waals surface area (Å²) in [5.74, 6) is -0.678. The maximum Gasteiger partial charge on any atom is 0.320 e. The summed E-state index contributed by atoms with van der Waals surface area (Å²) in [6, 6.07) is 3.60. The maximum atomic E-state index is 10.3. The standard InChI is InChI=1S/C6H7NO2.C6H10O2.C3H5N.3C2H6.C2H4/c1-2-5-9-6(8)3-4-7;1-3-5-8-6(7)4-2;1-2-3-4;4*1-2/h2H,1,3,5H2;3H,1,4-5H2,2H3;2H2,1H3;3*1-2H3;1-2H2. The van der Waals surface area contributed by atoms with Gasteiger partial charge in [-0.1, -0.05) is 80.7 Å². The van der Waals surface area contributed by atoms with Crippen molar-refractivity contribution in [2.75, 3.05) is 13.2 Å². The topological polar surface area (TPSA) is 100 Å². The monoisotopic (exact) mass is 412 g/mol. The van der Waals surface area contributed by atoms with Crippen molar-refractivity contribution in [3.8, 4) is 12.1 Å². The van der Waals surface area contributed by atoms with Gasteiger partial charge in [-0.15, -0.1) is 13.2 Å². The summed E-state index contributed by atoms with van der Waals surface area (Å²) >= 11 is 0. The highest BCUT2D eigenvalue weighted by Gasteiger charge is 1.96. The Morgan fingerprint density at radius 2 is 1.10 bits per heavy atom. The Morgan fingerprint density at radius 3 is 1.31 bits per heavy atom. The van der Waals surface area contributed by atoms with Crippen molar-refractivity contribution < 1.29 is 19.1 Å². The van der Waals surface area contributed by atoms with Gasteiger partial charge in [-0.2, -0.15) is 10.5 Å². The van der Waals surface area contributed by atoms with E-state index in [-0.39, 0.29) is 19.0 Å². The highest BCUT2D eigenvalue weighted by atomic mass is 16.5. The molecule has 170 valence electrons. The molecule has 0 N–H and O–H groups in total. The van der Waals surface area contributed by atoms with Crippen LogP contribution in [0, 0.1) is 22.7 Å². The third kappa shape index (κ3) is 108. The van der Waals surface area contributed by atoms with E-state index in [4.69, 9.17) is 10.5 Å². The first kappa shape index (κ1) is 45.1. The maximum absolute atomic E-state index is 10.3. The molecule has 0 rings (SSSR count). The van der Waals surface area contributed by atoms with Crippen LogP contribution in [0.5, 0.6) is 0 Å². The number of hydrogen-bond donors (Lipinski definition) is 0. The summed E-state index contributed by atoms with van der Waals surface area (Å²) < 4.78 is 9.04. The first-order chi connectivity index (χ1) is 14.0. The second-order valence-corrected chi connectivity index (χ2v) is 3.14. The molecule has 0 bridgehead atoms. The summed E-state index contributed by atoms with van der Waals surface area (Å²) in [7, 11) is 0. The van der Waals surface area contributed by atoms with Crippen molar-refractivity contribution in [3.63, 3.8) is 0 Å². The molecule has 0 unspecified atom stereocenters. The average molecular weight is 413 g/mol. The summed E-state index contributed by atoms with van der Waals surface area (Å²) in [6.45, 7) is 28.8. The lowest BCUT2D eigenvalue weighted by atomic mass is 10.5. The van der Waals surface area contributed by atoms with Crippen LogP contribution in [-0.4, -0.2) is 25.2 Å². The van der Waals surface area contributed by atoms with E-state index in [1.165, 1.54) is 6.08 Å². The molecular weight excluding hydrogens is 368 g/mol. The molecule has 6 nitrogen and oxygen atoms in total. The molecular formula is C23H44N2O4. The molecule has 0 aliphatic heterocycles. The smallest absolute Gasteiger partial charge is 0.320 e. The van der Waals surface area contributed by atoms with E-state index >= 15 is 0 Å². The minimum absolute atomic E-state index is 0.176. The van der Waals surface area contributed by atoms with Crippen molar-refractivity contribution >= 4 is 11.9 Å². The molecule has 29 heavy (non-hydrogen) atoms. The molecule has 0 aliphatic carbocycles. The predicted molar refractivity (Wildman–Crippen MR) is 124 cm³/mol. The molecule has 0 atom stereocenters. The lowest BCUT2D eigenvalue weighted by molar-refractivity contribution is -0.142. The normalized spacial score (nSPS) is 6.00. The molecule has 0 aromatic heterocycles. The quantitative estimate of drug-likeness (QED) is 0.362. The molecule has 0 saturated carbocycles. The largest absolute Gasteiger partial charge is 0.461 e. The van der Waals surface area contributed by atoms with Gasteiger partial charge in [0.1, 0.15) is 19.6 Å². The van der Waals surface area contributed by atoms with Crippen LogP contribution in [-0.2, 0) is 19.1 Å². The fourth-order valence-corrected chi connectivity index (χ4v) is 0.521. The van der Waals surface area contributed by atoms with Crippen molar-refractivity contribution in [2.45, 2.75) is 74.7 Å². The van der Waals surface area contributed by atoms with E-state index in [2.05, 4.69) is 35.8 Å². The highest BCUT2D eigenvalue weighted by molar-refractivity contribution is 5.71. The molecule has 0 heterocycles. The van der Waals surface area contributed by atoms with Crippen LogP contribution in [0.3, 0.4) is 0 Å². The van der Waals surface area contributed by atoms with E-state index in [9.17, 15) is 9.59 Å². The van der Waals surface area contributed by atoms with Crippen LogP contribution in [0.15, 0.2) is 38.5 Å². The van der Waals surface area contributed by atoms with Crippen LogP contribution in [0.1, 0.15) is 74.7 Å². The van der Waals surface area contributed by atoms with Crippen molar-refractivity contribution in [2.24, 2.45) is 0 Å². The molecule has 0 aromatic rings. The molecule has 0 aromatic carbocycles. The van der Waals surface area contributed by atoms with Gasteiger partial charge >= 0.3 is 11.9 Å². The Kier molecular flexibility index (Phi) is 114. The summed E-state index contributed by atoms with van der Waals surface area (Å²) in [6.07, 6.45) is 3.88. The number of rotatable bonds is 6. The minimum atomic E-state index is -0.502. The SMILES string of the molecule is C=C.C=CCOC(=O)CC.C=CCOC(=O)CC#N.CC.CC.CC.CCC#N. The van der Waals surface area contributed by atoms with Crippen molar-refractivity contribution in [1.29, 1.82) is 10.5 Å². The number of carbonyl (C=O) groups is 2. The third-order valence-corrected chi connectivity index (χ3v) is 1.39. The molecule has 0 fully saturated rings. The Balaban J connectivity index is -0.0000000441. The lowest BCUT2D eigenvalue weighted by Crippen LogP contribution is -2.01. The van der Waals surface area contributed by atoms with Crippen LogP contribution in [0.4, 0.5) is 0 Å². The molecule has 0 amide bonds. The zero-order chi connectivity index (χ0) is 24.9. The Bertz CT molecular complexity index is 395. The Morgan fingerprint density at radius 1 is 0.793 bits per heavy atom.